The minimum absolute atomic E-state index is 0.0261. The Morgan fingerprint density at radius 2 is 2.00 bits per heavy atom. The number of hydrogen-bond donors (Lipinski definition) is 1. The lowest BCUT2D eigenvalue weighted by Crippen LogP contribution is -2.40. The van der Waals surface area contributed by atoms with Crippen molar-refractivity contribution in [2.24, 2.45) is 0 Å². The van der Waals surface area contributed by atoms with Crippen LogP contribution in [0.15, 0.2) is 30.3 Å². The van der Waals surface area contributed by atoms with Crippen molar-refractivity contribution in [1.82, 2.24) is 10.2 Å². The van der Waals surface area contributed by atoms with Gasteiger partial charge in [-0.05, 0) is 25.3 Å². The molecule has 0 spiro atoms. The first-order chi connectivity index (χ1) is 9.31. The van der Waals surface area contributed by atoms with Crippen LogP contribution in [-0.2, 0) is 4.74 Å². The maximum Gasteiger partial charge on any atom is 0.317 e. The summed E-state index contributed by atoms with van der Waals surface area (Å²) in [6.07, 6.45) is 2.15. The van der Waals surface area contributed by atoms with Gasteiger partial charge in [-0.3, -0.25) is 0 Å². The number of amides is 2. The van der Waals surface area contributed by atoms with E-state index in [2.05, 4.69) is 5.32 Å². The first-order valence-electron chi connectivity index (χ1n) is 7.00. The van der Waals surface area contributed by atoms with Gasteiger partial charge >= 0.3 is 6.03 Å². The molecule has 4 heteroatoms. The van der Waals surface area contributed by atoms with Crippen LogP contribution in [0.5, 0.6) is 0 Å². The van der Waals surface area contributed by atoms with E-state index in [0.29, 0.717) is 13.2 Å². The molecule has 0 aliphatic carbocycles. The van der Waals surface area contributed by atoms with Crippen molar-refractivity contribution < 1.29 is 9.53 Å². The lowest BCUT2D eigenvalue weighted by molar-refractivity contribution is 0.0629. The second-order valence-corrected chi connectivity index (χ2v) is 4.73. The average Bonchev–Trinajstić information content (AvgIpc) is 2.98. The molecular formula is C15H22N2O2. The van der Waals surface area contributed by atoms with Crippen molar-refractivity contribution in [3.8, 4) is 0 Å². The summed E-state index contributed by atoms with van der Waals surface area (Å²) >= 11 is 0. The minimum Gasteiger partial charge on any atom is -0.372 e. The molecular weight excluding hydrogens is 240 g/mol. The lowest BCUT2D eigenvalue weighted by Gasteiger charge is -2.21. The maximum atomic E-state index is 11.9. The van der Waals surface area contributed by atoms with Gasteiger partial charge in [0, 0.05) is 26.2 Å². The highest BCUT2D eigenvalue weighted by Gasteiger charge is 2.19. The van der Waals surface area contributed by atoms with Gasteiger partial charge in [0.25, 0.3) is 0 Å². The van der Waals surface area contributed by atoms with Crippen LogP contribution < -0.4 is 5.32 Å². The summed E-state index contributed by atoms with van der Waals surface area (Å²) in [5.74, 6) is 0. The molecule has 0 radical (unpaired) electrons. The average molecular weight is 262 g/mol. The number of carbonyl (C=O) groups excluding carboxylic acids is 1. The van der Waals surface area contributed by atoms with Crippen molar-refractivity contribution in [3.63, 3.8) is 0 Å². The molecule has 0 saturated carbocycles. The Hall–Kier alpha value is -1.55. The third-order valence-electron chi connectivity index (χ3n) is 3.37. The van der Waals surface area contributed by atoms with Crippen molar-refractivity contribution in [1.29, 1.82) is 0 Å². The number of hydrogen-bond acceptors (Lipinski definition) is 2. The number of nitrogens with zero attached hydrogens (tertiary/aromatic N) is 1. The molecule has 104 valence electrons. The van der Waals surface area contributed by atoms with Gasteiger partial charge < -0.3 is 15.0 Å². The van der Waals surface area contributed by atoms with Crippen molar-refractivity contribution in [2.75, 3.05) is 26.2 Å². The third-order valence-corrected chi connectivity index (χ3v) is 3.37. The number of nitrogens with one attached hydrogen (secondary N) is 1. The van der Waals surface area contributed by atoms with Crippen LogP contribution in [0, 0.1) is 0 Å². The number of benzene rings is 1. The molecule has 1 N–H and O–H groups in total. The Morgan fingerprint density at radius 3 is 2.63 bits per heavy atom. The molecule has 1 heterocycles. The van der Waals surface area contributed by atoms with Gasteiger partial charge in [-0.15, -0.1) is 0 Å². The van der Waals surface area contributed by atoms with E-state index in [1.165, 1.54) is 0 Å². The number of rotatable bonds is 5. The van der Waals surface area contributed by atoms with E-state index in [1.54, 1.807) is 0 Å². The van der Waals surface area contributed by atoms with Gasteiger partial charge in [0.1, 0.15) is 0 Å². The maximum absolute atomic E-state index is 11.9. The fourth-order valence-corrected chi connectivity index (χ4v) is 2.35. The number of likely N-dealkylation sites (tertiary alicyclic amines) is 1. The molecule has 1 aliphatic heterocycles. The van der Waals surface area contributed by atoms with Crippen LogP contribution in [0.25, 0.3) is 0 Å². The zero-order valence-corrected chi connectivity index (χ0v) is 11.5. The van der Waals surface area contributed by atoms with Crippen LogP contribution in [0.4, 0.5) is 4.79 Å². The van der Waals surface area contributed by atoms with Crippen molar-refractivity contribution in [2.45, 2.75) is 25.9 Å². The molecule has 2 amide bonds. The van der Waals surface area contributed by atoms with Gasteiger partial charge in [-0.2, -0.15) is 0 Å². The van der Waals surface area contributed by atoms with E-state index in [0.717, 1.165) is 31.5 Å². The van der Waals surface area contributed by atoms with E-state index < -0.39 is 0 Å². The summed E-state index contributed by atoms with van der Waals surface area (Å²) in [6, 6.07) is 10.0. The highest BCUT2D eigenvalue weighted by atomic mass is 16.5. The van der Waals surface area contributed by atoms with Crippen molar-refractivity contribution >= 4 is 6.03 Å². The fraction of sp³-hybridized carbons (Fsp3) is 0.533. The number of ether oxygens (including phenoxy) is 1. The van der Waals surface area contributed by atoms with E-state index in [-0.39, 0.29) is 12.1 Å². The molecule has 1 saturated heterocycles. The Morgan fingerprint density at radius 1 is 1.32 bits per heavy atom. The molecule has 0 aromatic heterocycles. The Kier molecular flexibility index (Phi) is 5.21. The van der Waals surface area contributed by atoms with Crippen LogP contribution >= 0.6 is 0 Å². The van der Waals surface area contributed by atoms with E-state index in [9.17, 15) is 4.79 Å². The van der Waals surface area contributed by atoms with E-state index in [4.69, 9.17) is 4.74 Å². The second kappa shape index (κ2) is 7.14. The highest BCUT2D eigenvalue weighted by molar-refractivity contribution is 5.74. The molecule has 1 atom stereocenters. The van der Waals surface area contributed by atoms with Crippen LogP contribution in [0.2, 0.25) is 0 Å². The lowest BCUT2D eigenvalue weighted by atomic mass is 10.1. The summed E-state index contributed by atoms with van der Waals surface area (Å²) in [4.78, 5) is 13.8. The fourth-order valence-electron chi connectivity index (χ4n) is 2.35. The molecule has 1 aliphatic rings. The predicted octanol–water partition coefficient (Wildman–Crippen LogP) is 2.57. The van der Waals surface area contributed by atoms with Gasteiger partial charge in [0.2, 0.25) is 0 Å². The van der Waals surface area contributed by atoms with Crippen molar-refractivity contribution in [3.05, 3.63) is 35.9 Å². The standard InChI is InChI=1S/C15H22N2O2/c1-2-19-14(13-8-4-3-5-9-13)12-16-15(18)17-10-6-7-11-17/h3-5,8-9,14H,2,6-7,10-12H2,1H3,(H,16,18). The Balaban J connectivity index is 1.88. The largest absolute Gasteiger partial charge is 0.372 e. The van der Waals surface area contributed by atoms with Crippen LogP contribution in [0.3, 0.4) is 0 Å². The summed E-state index contributed by atoms with van der Waals surface area (Å²) in [6.45, 7) is 4.87. The van der Waals surface area contributed by atoms with E-state index >= 15 is 0 Å². The Bertz CT molecular complexity index is 388. The molecule has 19 heavy (non-hydrogen) atoms. The molecule has 4 nitrogen and oxygen atoms in total. The highest BCUT2D eigenvalue weighted by Crippen LogP contribution is 2.16. The summed E-state index contributed by atoms with van der Waals surface area (Å²) in [5.41, 5.74) is 1.10. The smallest absolute Gasteiger partial charge is 0.317 e. The quantitative estimate of drug-likeness (QED) is 0.886. The molecule has 1 aromatic rings. The topological polar surface area (TPSA) is 41.6 Å². The molecule has 1 aromatic carbocycles. The molecule has 2 rings (SSSR count). The molecule has 0 bridgehead atoms. The zero-order chi connectivity index (χ0) is 13.5. The predicted molar refractivity (Wildman–Crippen MR) is 75.0 cm³/mol. The minimum atomic E-state index is -0.0715. The number of urea groups is 1. The van der Waals surface area contributed by atoms with Gasteiger partial charge in [0.15, 0.2) is 0 Å². The normalized spacial score (nSPS) is 16.4. The third kappa shape index (κ3) is 3.96. The number of carbonyl (C=O) groups is 1. The SMILES string of the molecule is CCOC(CNC(=O)N1CCCC1)c1ccccc1. The van der Waals surface area contributed by atoms with Gasteiger partial charge in [-0.1, -0.05) is 30.3 Å². The van der Waals surface area contributed by atoms with Crippen LogP contribution in [-0.4, -0.2) is 37.2 Å². The van der Waals surface area contributed by atoms with Gasteiger partial charge in [-0.25, -0.2) is 4.79 Å². The summed E-state index contributed by atoms with van der Waals surface area (Å²) in [7, 11) is 0. The summed E-state index contributed by atoms with van der Waals surface area (Å²) < 4.78 is 5.71. The van der Waals surface area contributed by atoms with E-state index in [1.807, 2.05) is 42.2 Å². The first-order valence-corrected chi connectivity index (χ1v) is 7.00. The second-order valence-electron chi connectivity index (χ2n) is 4.73. The first kappa shape index (κ1) is 13.9. The zero-order valence-electron chi connectivity index (χ0n) is 11.5. The van der Waals surface area contributed by atoms with Gasteiger partial charge in [0.05, 0.1) is 6.10 Å². The molecule has 1 fully saturated rings. The Labute approximate surface area is 114 Å². The monoisotopic (exact) mass is 262 g/mol. The summed E-state index contributed by atoms with van der Waals surface area (Å²) in [5, 5.41) is 2.97. The molecule has 1 unspecified atom stereocenters. The van der Waals surface area contributed by atoms with Crippen LogP contribution in [0.1, 0.15) is 31.4 Å².